The molecule has 0 aliphatic heterocycles. The molecule has 0 aliphatic carbocycles. The smallest absolute Gasteiger partial charge is 0.0701 e. The highest BCUT2D eigenvalue weighted by Crippen LogP contribution is 1.81. The summed E-state index contributed by atoms with van der Waals surface area (Å²) in [5, 5.41) is 0. The number of methoxy groups -OCH3 is 2. The lowest BCUT2D eigenvalue weighted by Gasteiger charge is -2.06. The lowest BCUT2D eigenvalue weighted by molar-refractivity contribution is -0.00380. The van der Waals surface area contributed by atoms with E-state index in [1.165, 1.54) is 0 Å². The predicted molar refractivity (Wildman–Crippen MR) is 56.2 cm³/mol. The Morgan fingerprint density at radius 2 is 0.933 bits per heavy atom. The zero-order valence-corrected chi connectivity index (χ0v) is 8.70. The second kappa shape index (κ2) is 13.8. The van der Waals surface area contributed by atoms with Crippen molar-refractivity contribution in [3.63, 3.8) is 0 Å². The van der Waals surface area contributed by atoms with Crippen molar-refractivity contribution in [2.75, 3.05) is 66.9 Å². The zero-order chi connectivity index (χ0) is 16.2. The van der Waals surface area contributed by atoms with Gasteiger partial charge in [-0.1, -0.05) is 0 Å². The third-order valence-corrected chi connectivity index (χ3v) is 1.40. The Balaban J connectivity index is 3.10. The summed E-state index contributed by atoms with van der Waals surface area (Å²) in [6.07, 6.45) is 0. The van der Waals surface area contributed by atoms with Crippen LogP contribution in [0, 0.1) is 0 Å². The van der Waals surface area contributed by atoms with Crippen LogP contribution in [-0.4, -0.2) is 66.9 Å². The van der Waals surface area contributed by atoms with Gasteiger partial charge in [0.05, 0.1) is 61.1 Å². The van der Waals surface area contributed by atoms with Gasteiger partial charge in [0.15, 0.2) is 0 Å². The fourth-order valence-electron chi connectivity index (χ4n) is 0.743. The first-order valence-electron chi connectivity index (χ1n) is 7.72. The van der Waals surface area contributed by atoms with Gasteiger partial charge >= 0.3 is 0 Å². The number of hydrogen-bond donors (Lipinski definition) is 0. The second-order valence-electron chi connectivity index (χ2n) is 2.53. The number of hydrogen-bond acceptors (Lipinski definition) is 5. The molecule has 0 bridgehead atoms. The van der Waals surface area contributed by atoms with Crippen LogP contribution in [0.5, 0.6) is 0 Å². The van der Waals surface area contributed by atoms with E-state index >= 15 is 0 Å². The van der Waals surface area contributed by atoms with Gasteiger partial charge < -0.3 is 23.7 Å². The van der Waals surface area contributed by atoms with E-state index in [9.17, 15) is 0 Å². The standard InChI is InChI=1S/C10H22O5/c1-11-3-5-13-7-9-15-10-8-14-6-4-12-2/h3-10H2,1-2H3/i1D3,2D3. The number of ether oxygens (including phenoxy) is 5. The van der Waals surface area contributed by atoms with E-state index in [0.717, 1.165) is 0 Å². The van der Waals surface area contributed by atoms with Crippen molar-refractivity contribution < 1.29 is 31.9 Å². The second-order valence-corrected chi connectivity index (χ2v) is 2.53. The molecule has 5 heteroatoms. The van der Waals surface area contributed by atoms with E-state index in [2.05, 4.69) is 9.47 Å². The van der Waals surface area contributed by atoms with Gasteiger partial charge in [0.2, 0.25) is 0 Å². The quantitative estimate of drug-likeness (QED) is 0.450. The molecule has 0 spiro atoms. The summed E-state index contributed by atoms with van der Waals surface area (Å²) in [6.45, 7) is 1.73. The summed E-state index contributed by atoms with van der Waals surface area (Å²) in [7, 11) is -4.78. The van der Waals surface area contributed by atoms with Gasteiger partial charge in [0.25, 0.3) is 0 Å². The van der Waals surface area contributed by atoms with Crippen molar-refractivity contribution in [1.29, 1.82) is 0 Å². The molecule has 0 aromatic carbocycles. The van der Waals surface area contributed by atoms with E-state index in [0.29, 0.717) is 26.4 Å². The Bertz CT molecular complexity index is 221. The van der Waals surface area contributed by atoms with Crippen LogP contribution in [-0.2, 0) is 23.7 Å². The maximum absolute atomic E-state index is 6.78. The minimum Gasteiger partial charge on any atom is -0.382 e. The molecule has 0 amide bonds. The molecule has 0 unspecified atom stereocenters. The Labute approximate surface area is 100 Å². The summed E-state index contributed by atoms with van der Waals surface area (Å²) in [5.41, 5.74) is 0. The first-order valence-corrected chi connectivity index (χ1v) is 4.72. The Morgan fingerprint density at radius 3 is 1.27 bits per heavy atom. The van der Waals surface area contributed by atoms with Crippen molar-refractivity contribution in [2.24, 2.45) is 0 Å². The van der Waals surface area contributed by atoms with Crippen LogP contribution < -0.4 is 0 Å². The van der Waals surface area contributed by atoms with Crippen molar-refractivity contribution >= 4 is 0 Å². The van der Waals surface area contributed by atoms with Crippen molar-refractivity contribution in [3.05, 3.63) is 0 Å². The minimum atomic E-state index is -2.39. The zero-order valence-electron chi connectivity index (χ0n) is 14.7. The molecule has 92 valence electrons. The average Bonchev–Trinajstić information content (AvgIpc) is 2.32. The third kappa shape index (κ3) is 13.8. The molecule has 5 nitrogen and oxygen atoms in total. The van der Waals surface area contributed by atoms with E-state index in [1.54, 1.807) is 0 Å². The van der Waals surface area contributed by atoms with Crippen LogP contribution in [0.3, 0.4) is 0 Å². The van der Waals surface area contributed by atoms with Crippen LogP contribution >= 0.6 is 0 Å². The fourth-order valence-corrected chi connectivity index (χ4v) is 0.743. The third-order valence-electron chi connectivity index (χ3n) is 1.40. The Morgan fingerprint density at radius 1 is 0.600 bits per heavy atom. The van der Waals surface area contributed by atoms with Crippen molar-refractivity contribution in [2.45, 2.75) is 0 Å². The largest absolute Gasteiger partial charge is 0.382 e. The van der Waals surface area contributed by atoms with Gasteiger partial charge in [-0.25, -0.2) is 0 Å². The molecule has 0 rings (SSSR count). The van der Waals surface area contributed by atoms with Crippen LogP contribution in [0.1, 0.15) is 8.22 Å². The fraction of sp³-hybridized carbons (Fsp3) is 1.00. The molecular formula is C10H22O5. The van der Waals surface area contributed by atoms with E-state index in [-0.39, 0.29) is 26.4 Å². The maximum Gasteiger partial charge on any atom is 0.0701 e. The van der Waals surface area contributed by atoms with Crippen molar-refractivity contribution in [1.82, 2.24) is 0 Å². The van der Waals surface area contributed by atoms with Gasteiger partial charge in [-0.15, -0.1) is 0 Å². The lowest BCUT2D eigenvalue weighted by atomic mass is 10.7. The first kappa shape index (κ1) is 7.19. The number of rotatable bonds is 12. The van der Waals surface area contributed by atoms with Crippen LogP contribution in [0.25, 0.3) is 0 Å². The van der Waals surface area contributed by atoms with Crippen LogP contribution in [0.15, 0.2) is 0 Å². The Kier molecular flexibility index (Phi) is 6.61. The monoisotopic (exact) mass is 228 g/mol. The summed E-state index contributed by atoms with van der Waals surface area (Å²) < 4.78 is 65.0. The molecule has 0 radical (unpaired) electrons. The summed E-state index contributed by atoms with van der Waals surface area (Å²) in [6, 6.07) is 0. The highest BCUT2D eigenvalue weighted by molar-refractivity contribution is 4.34. The van der Waals surface area contributed by atoms with Gasteiger partial charge in [0.1, 0.15) is 0 Å². The Hall–Kier alpha value is -0.200. The van der Waals surface area contributed by atoms with E-state index in [1.807, 2.05) is 0 Å². The van der Waals surface area contributed by atoms with Crippen LogP contribution in [0.4, 0.5) is 0 Å². The molecule has 0 heterocycles. The molecule has 0 saturated carbocycles. The summed E-state index contributed by atoms with van der Waals surface area (Å²) >= 11 is 0. The molecule has 0 fully saturated rings. The molecule has 0 N–H and O–H groups in total. The normalized spacial score (nSPS) is 18.4. The molecular weight excluding hydrogens is 200 g/mol. The van der Waals surface area contributed by atoms with Gasteiger partial charge in [0, 0.05) is 14.1 Å². The lowest BCUT2D eigenvalue weighted by Crippen LogP contribution is -2.12. The SMILES string of the molecule is [2H]C([2H])([2H])OCCOCCOCCOCCOC([2H])([2H])[2H]. The molecule has 0 atom stereocenters. The summed E-state index contributed by atoms with van der Waals surface area (Å²) in [4.78, 5) is 0. The first-order chi connectivity index (χ1) is 9.71. The van der Waals surface area contributed by atoms with Crippen LogP contribution in [0.2, 0.25) is 0 Å². The predicted octanol–water partition coefficient (Wildman–Crippen LogP) is 0.329. The van der Waals surface area contributed by atoms with Gasteiger partial charge in [-0.2, -0.15) is 0 Å². The topological polar surface area (TPSA) is 46.2 Å². The molecule has 15 heavy (non-hydrogen) atoms. The molecule has 0 aromatic heterocycles. The molecule has 0 aliphatic rings. The maximum atomic E-state index is 6.78. The van der Waals surface area contributed by atoms with Crippen molar-refractivity contribution in [3.8, 4) is 0 Å². The summed E-state index contributed by atoms with van der Waals surface area (Å²) in [5.74, 6) is 0. The minimum absolute atomic E-state index is 0.00308. The highest BCUT2D eigenvalue weighted by atomic mass is 16.6. The molecule has 0 aromatic rings. The highest BCUT2D eigenvalue weighted by Gasteiger charge is 1.91. The average molecular weight is 228 g/mol. The van der Waals surface area contributed by atoms with E-state index < -0.39 is 14.1 Å². The molecule has 0 saturated heterocycles. The van der Waals surface area contributed by atoms with E-state index in [4.69, 9.17) is 22.4 Å². The van der Waals surface area contributed by atoms with Gasteiger partial charge in [-0.3, -0.25) is 0 Å². The van der Waals surface area contributed by atoms with Gasteiger partial charge in [-0.05, 0) is 0 Å².